The summed E-state index contributed by atoms with van der Waals surface area (Å²) in [5.74, 6) is -1.00. The number of halogens is 1. The second-order valence-electron chi connectivity index (χ2n) is 5.19. The number of para-hydroxylation sites is 1. The van der Waals surface area contributed by atoms with Crippen LogP contribution in [0.3, 0.4) is 0 Å². The molecule has 0 unspecified atom stereocenters. The van der Waals surface area contributed by atoms with E-state index < -0.39 is 21.9 Å². The molecule has 2 rings (SSSR count). The lowest BCUT2D eigenvalue weighted by atomic mass is 10.1. The van der Waals surface area contributed by atoms with Crippen LogP contribution in [0.2, 0.25) is 0 Å². The number of hydrogen-bond acceptors (Lipinski definition) is 5. The Morgan fingerprint density at radius 2 is 1.73 bits per heavy atom. The van der Waals surface area contributed by atoms with E-state index in [1.54, 1.807) is 30.3 Å². The smallest absolute Gasteiger partial charge is 0.339 e. The Morgan fingerprint density at radius 3 is 2.38 bits per heavy atom. The molecule has 2 aromatic rings. The molecule has 7 nitrogen and oxygen atoms in total. The molecule has 138 valence electrons. The zero-order valence-corrected chi connectivity index (χ0v) is 16.3. The van der Waals surface area contributed by atoms with Gasteiger partial charge in [0, 0.05) is 17.4 Å². The summed E-state index contributed by atoms with van der Waals surface area (Å²) in [6.07, 6.45) is -0.0920. The fourth-order valence-corrected chi connectivity index (χ4v) is 3.38. The Kier molecular flexibility index (Phi) is 6.90. The van der Waals surface area contributed by atoms with E-state index in [1.807, 2.05) is 0 Å². The van der Waals surface area contributed by atoms with Crippen LogP contribution >= 0.6 is 15.9 Å². The fraction of sp³-hybridized carbons (Fsp3) is 0.176. The molecule has 0 aliphatic heterocycles. The molecule has 0 aliphatic rings. The van der Waals surface area contributed by atoms with E-state index in [-0.39, 0.29) is 23.4 Å². The summed E-state index contributed by atoms with van der Waals surface area (Å²) in [6, 6.07) is 12.6. The number of benzene rings is 2. The van der Waals surface area contributed by atoms with Crippen LogP contribution in [0.25, 0.3) is 0 Å². The number of esters is 1. The number of nitrogens with one attached hydrogen (secondary N) is 2. The molecule has 9 heteroatoms. The highest BCUT2D eigenvalue weighted by molar-refractivity contribution is 9.10. The third-order valence-electron chi connectivity index (χ3n) is 3.37. The minimum atomic E-state index is -3.70. The van der Waals surface area contributed by atoms with E-state index >= 15 is 0 Å². The van der Waals surface area contributed by atoms with Crippen LogP contribution in [0, 0.1) is 0 Å². The molecule has 0 atom stereocenters. The summed E-state index contributed by atoms with van der Waals surface area (Å²) in [5.41, 5.74) is 0.527. The van der Waals surface area contributed by atoms with Crippen molar-refractivity contribution < 1.29 is 22.7 Å². The monoisotopic (exact) mass is 440 g/mol. The number of carbonyl (C=O) groups is 2. The van der Waals surface area contributed by atoms with E-state index in [2.05, 4.69) is 30.7 Å². The average Bonchev–Trinajstić information content (AvgIpc) is 2.61. The zero-order chi connectivity index (χ0) is 19.2. The molecular formula is C17H17BrN2O5S. The molecule has 0 heterocycles. The summed E-state index contributed by atoms with van der Waals surface area (Å²) in [6.45, 7) is -0.0787. The Bertz CT molecular complexity index is 898. The van der Waals surface area contributed by atoms with Gasteiger partial charge in [0.2, 0.25) is 15.9 Å². The summed E-state index contributed by atoms with van der Waals surface area (Å²) in [4.78, 5) is 23.8. The van der Waals surface area contributed by atoms with Crippen molar-refractivity contribution >= 4 is 43.5 Å². The molecule has 0 fully saturated rings. The van der Waals surface area contributed by atoms with E-state index in [4.69, 9.17) is 0 Å². The summed E-state index contributed by atoms with van der Waals surface area (Å²) in [7, 11) is -2.45. The van der Waals surface area contributed by atoms with Crippen LogP contribution in [0.1, 0.15) is 16.8 Å². The highest BCUT2D eigenvalue weighted by Gasteiger charge is 2.16. The number of ether oxygens (including phenoxy) is 1. The molecule has 2 N–H and O–H groups in total. The van der Waals surface area contributed by atoms with Crippen molar-refractivity contribution in [2.75, 3.05) is 19.0 Å². The molecule has 0 aliphatic carbocycles. The van der Waals surface area contributed by atoms with Gasteiger partial charge in [-0.05, 0) is 36.4 Å². The maximum absolute atomic E-state index is 12.1. The fourth-order valence-electron chi connectivity index (χ4n) is 2.09. The molecule has 0 saturated carbocycles. The summed E-state index contributed by atoms with van der Waals surface area (Å²) in [5, 5.41) is 2.58. The van der Waals surface area contributed by atoms with Gasteiger partial charge in [-0.25, -0.2) is 17.9 Å². The van der Waals surface area contributed by atoms with E-state index in [9.17, 15) is 18.0 Å². The Morgan fingerprint density at radius 1 is 1.08 bits per heavy atom. The number of rotatable bonds is 7. The van der Waals surface area contributed by atoms with E-state index in [1.165, 1.54) is 25.3 Å². The van der Waals surface area contributed by atoms with Crippen molar-refractivity contribution in [2.24, 2.45) is 0 Å². The lowest BCUT2D eigenvalue weighted by Crippen LogP contribution is -2.28. The van der Waals surface area contributed by atoms with Crippen molar-refractivity contribution in [1.29, 1.82) is 0 Å². The SMILES string of the molecule is COC(=O)c1ccccc1NC(=O)CCNS(=O)(=O)c1ccc(Br)cc1. The quantitative estimate of drug-likeness (QED) is 0.644. The molecule has 26 heavy (non-hydrogen) atoms. The van der Waals surface area contributed by atoms with Crippen LogP contribution in [-0.4, -0.2) is 33.9 Å². The molecule has 0 saturated heterocycles. The molecule has 1 amide bonds. The van der Waals surface area contributed by atoms with Crippen molar-refractivity contribution in [3.63, 3.8) is 0 Å². The van der Waals surface area contributed by atoms with Gasteiger partial charge in [-0.15, -0.1) is 0 Å². The van der Waals surface area contributed by atoms with Crippen LogP contribution in [0.4, 0.5) is 5.69 Å². The second-order valence-corrected chi connectivity index (χ2v) is 7.87. The molecule has 0 spiro atoms. The highest BCUT2D eigenvalue weighted by Crippen LogP contribution is 2.17. The predicted molar refractivity (Wildman–Crippen MR) is 100 cm³/mol. The summed E-state index contributed by atoms with van der Waals surface area (Å²) < 4.78 is 32.1. The Balaban J connectivity index is 1.94. The van der Waals surface area contributed by atoms with Gasteiger partial charge in [-0.1, -0.05) is 28.1 Å². The largest absolute Gasteiger partial charge is 0.465 e. The predicted octanol–water partition coefficient (Wildman–Crippen LogP) is 2.54. The van der Waals surface area contributed by atoms with Gasteiger partial charge in [0.25, 0.3) is 0 Å². The van der Waals surface area contributed by atoms with E-state index in [0.29, 0.717) is 5.69 Å². The van der Waals surface area contributed by atoms with Crippen molar-refractivity contribution in [3.8, 4) is 0 Å². The molecule has 0 radical (unpaired) electrons. The number of hydrogen-bond donors (Lipinski definition) is 2. The normalized spacial score (nSPS) is 11.0. The summed E-state index contributed by atoms with van der Waals surface area (Å²) >= 11 is 3.24. The van der Waals surface area contributed by atoms with Gasteiger partial charge < -0.3 is 10.1 Å². The number of methoxy groups -OCH3 is 1. The number of carbonyl (C=O) groups excluding carboxylic acids is 2. The van der Waals surface area contributed by atoms with Gasteiger partial charge in [-0.3, -0.25) is 4.79 Å². The standard InChI is InChI=1S/C17H17BrN2O5S/c1-25-17(22)14-4-2-3-5-15(14)20-16(21)10-11-19-26(23,24)13-8-6-12(18)7-9-13/h2-9,19H,10-11H2,1H3,(H,20,21). The first-order chi connectivity index (χ1) is 12.3. The first kappa shape index (κ1) is 20.1. The highest BCUT2D eigenvalue weighted by atomic mass is 79.9. The van der Waals surface area contributed by atoms with Crippen molar-refractivity contribution in [3.05, 3.63) is 58.6 Å². The lowest BCUT2D eigenvalue weighted by molar-refractivity contribution is -0.116. The number of anilines is 1. The van der Waals surface area contributed by atoms with Gasteiger partial charge in [0.05, 0.1) is 23.3 Å². The minimum absolute atomic E-state index is 0.0787. The van der Waals surface area contributed by atoms with Crippen molar-refractivity contribution in [2.45, 2.75) is 11.3 Å². The molecular weight excluding hydrogens is 424 g/mol. The zero-order valence-electron chi connectivity index (χ0n) is 13.9. The van der Waals surface area contributed by atoms with Gasteiger partial charge in [0.15, 0.2) is 0 Å². The van der Waals surface area contributed by atoms with Crippen LogP contribution in [0.5, 0.6) is 0 Å². The van der Waals surface area contributed by atoms with E-state index in [0.717, 1.165) is 4.47 Å². The molecule has 0 aromatic heterocycles. The van der Waals surface area contributed by atoms with Gasteiger partial charge in [-0.2, -0.15) is 0 Å². The molecule has 2 aromatic carbocycles. The third kappa shape index (κ3) is 5.38. The second kappa shape index (κ2) is 8.93. The van der Waals surface area contributed by atoms with Gasteiger partial charge in [0.1, 0.15) is 0 Å². The minimum Gasteiger partial charge on any atom is -0.465 e. The average molecular weight is 441 g/mol. The van der Waals surface area contributed by atoms with Crippen LogP contribution in [-0.2, 0) is 19.6 Å². The van der Waals surface area contributed by atoms with Crippen molar-refractivity contribution in [1.82, 2.24) is 4.72 Å². The molecule has 0 bridgehead atoms. The maximum Gasteiger partial charge on any atom is 0.339 e. The first-order valence-electron chi connectivity index (χ1n) is 7.56. The maximum atomic E-state index is 12.1. The topological polar surface area (TPSA) is 102 Å². The van der Waals surface area contributed by atoms with Crippen LogP contribution in [0.15, 0.2) is 57.9 Å². The Hall–Kier alpha value is -2.23. The lowest BCUT2D eigenvalue weighted by Gasteiger charge is -2.10. The Labute approximate surface area is 159 Å². The van der Waals surface area contributed by atoms with Gasteiger partial charge >= 0.3 is 5.97 Å². The third-order valence-corrected chi connectivity index (χ3v) is 5.38. The number of amides is 1. The van der Waals surface area contributed by atoms with Crippen LogP contribution < -0.4 is 10.0 Å². The number of sulfonamides is 1. The first-order valence-corrected chi connectivity index (χ1v) is 9.83.